The van der Waals surface area contributed by atoms with Gasteiger partial charge in [0.05, 0.1) is 6.33 Å². The second-order valence-corrected chi connectivity index (χ2v) is 7.87. The maximum absolute atomic E-state index is 5.76. The van der Waals surface area contributed by atoms with Crippen LogP contribution < -0.4 is 5.73 Å². The molecule has 0 aliphatic carbocycles. The van der Waals surface area contributed by atoms with Crippen molar-refractivity contribution in [1.29, 1.82) is 0 Å². The molecule has 0 aliphatic rings. The first-order valence-electron chi connectivity index (χ1n) is 7.74. The Morgan fingerprint density at radius 3 is 2.78 bits per heavy atom. The van der Waals surface area contributed by atoms with Crippen LogP contribution in [0.1, 0.15) is 16.9 Å². The number of anilines is 1. The van der Waals surface area contributed by atoms with Gasteiger partial charge in [-0.2, -0.15) is 11.8 Å². The lowest BCUT2D eigenvalue weighted by atomic mass is 10.2. The topological polar surface area (TPSA) is 43.8 Å². The van der Waals surface area contributed by atoms with Crippen molar-refractivity contribution in [3.63, 3.8) is 0 Å². The molecule has 0 spiro atoms. The summed E-state index contributed by atoms with van der Waals surface area (Å²) in [4.78, 5) is 5.62. The van der Waals surface area contributed by atoms with Gasteiger partial charge in [0, 0.05) is 40.5 Å². The maximum Gasteiger partial charge on any atom is 0.0946 e. The van der Waals surface area contributed by atoms with Crippen molar-refractivity contribution in [2.45, 2.75) is 30.4 Å². The fourth-order valence-corrected chi connectivity index (χ4v) is 4.35. The Kier molecular flexibility index (Phi) is 5.77. The van der Waals surface area contributed by atoms with Crippen molar-refractivity contribution in [2.24, 2.45) is 0 Å². The molecule has 3 nitrogen and oxygen atoms in total. The first-order valence-corrected chi connectivity index (χ1v) is 9.66. The van der Waals surface area contributed by atoms with Gasteiger partial charge in [0.25, 0.3) is 0 Å². The summed E-state index contributed by atoms with van der Waals surface area (Å²) in [5.41, 5.74) is 7.91. The molecule has 2 N–H and O–H groups in total. The minimum absolute atomic E-state index is 0.573. The van der Waals surface area contributed by atoms with E-state index in [0.29, 0.717) is 5.25 Å². The molecule has 1 aromatic carbocycles. The molecule has 1 atom stereocenters. The highest BCUT2D eigenvalue weighted by atomic mass is 32.2. The molecule has 1 unspecified atom stereocenters. The van der Waals surface area contributed by atoms with Crippen LogP contribution in [-0.2, 0) is 18.7 Å². The molecular weight excluding hydrogens is 322 g/mol. The Morgan fingerprint density at radius 2 is 2.09 bits per heavy atom. The van der Waals surface area contributed by atoms with Gasteiger partial charge in [-0.3, -0.25) is 0 Å². The fraction of sp³-hybridized carbons (Fsp3) is 0.278. The van der Waals surface area contributed by atoms with Crippen molar-refractivity contribution in [3.05, 3.63) is 70.9 Å². The van der Waals surface area contributed by atoms with Crippen LogP contribution >= 0.6 is 23.1 Å². The summed E-state index contributed by atoms with van der Waals surface area (Å²) in [6, 6.07) is 12.6. The van der Waals surface area contributed by atoms with Gasteiger partial charge >= 0.3 is 0 Å². The molecular formula is C18H21N3S2. The molecule has 0 amide bonds. The Hall–Kier alpha value is -1.72. The van der Waals surface area contributed by atoms with Gasteiger partial charge in [0.2, 0.25) is 0 Å². The molecule has 120 valence electrons. The minimum atomic E-state index is 0.573. The zero-order chi connectivity index (χ0) is 15.9. The molecule has 2 aromatic heterocycles. The molecule has 3 aromatic rings. The van der Waals surface area contributed by atoms with E-state index in [1.807, 2.05) is 54.0 Å². The highest BCUT2D eigenvalue weighted by Crippen LogP contribution is 2.25. The second kappa shape index (κ2) is 8.22. The van der Waals surface area contributed by atoms with Crippen LogP contribution in [0.15, 0.2) is 60.5 Å². The van der Waals surface area contributed by atoms with E-state index in [1.165, 1.54) is 16.9 Å². The number of thioether (sulfide) groups is 1. The number of nitrogens with two attached hydrogens (primary N) is 1. The Labute approximate surface area is 145 Å². The zero-order valence-electron chi connectivity index (χ0n) is 13.0. The third-order valence-corrected chi connectivity index (χ3v) is 6.02. The average molecular weight is 344 g/mol. The quantitative estimate of drug-likeness (QED) is 0.614. The van der Waals surface area contributed by atoms with Gasteiger partial charge in [-0.1, -0.05) is 18.2 Å². The van der Waals surface area contributed by atoms with Crippen molar-refractivity contribution in [3.8, 4) is 0 Å². The van der Waals surface area contributed by atoms with Crippen LogP contribution in [0.3, 0.4) is 0 Å². The predicted octanol–water partition coefficient (Wildman–Crippen LogP) is 4.46. The SMILES string of the molecule is Nc1ccc(CSC(CCc2cccs2)Cn2ccnc2)cc1. The van der Waals surface area contributed by atoms with E-state index in [4.69, 9.17) is 5.73 Å². The van der Waals surface area contributed by atoms with Gasteiger partial charge in [0.1, 0.15) is 0 Å². The lowest BCUT2D eigenvalue weighted by molar-refractivity contribution is 0.626. The predicted molar refractivity (Wildman–Crippen MR) is 101 cm³/mol. The number of nitrogens with zero attached hydrogens (tertiary/aromatic N) is 2. The van der Waals surface area contributed by atoms with Crippen molar-refractivity contribution < 1.29 is 0 Å². The Morgan fingerprint density at radius 1 is 1.22 bits per heavy atom. The molecule has 3 rings (SSSR count). The highest BCUT2D eigenvalue weighted by molar-refractivity contribution is 7.99. The number of hydrogen-bond donors (Lipinski definition) is 1. The first-order chi connectivity index (χ1) is 11.3. The first kappa shape index (κ1) is 16.1. The van der Waals surface area contributed by atoms with E-state index in [-0.39, 0.29) is 0 Å². The van der Waals surface area contributed by atoms with Crippen LogP contribution in [0.4, 0.5) is 5.69 Å². The number of nitrogen functional groups attached to an aromatic ring is 1. The number of imidazole rings is 1. The molecule has 0 aliphatic heterocycles. The molecule has 0 bridgehead atoms. The van der Waals surface area contributed by atoms with Gasteiger partial charge in [-0.25, -0.2) is 4.98 Å². The maximum atomic E-state index is 5.76. The average Bonchev–Trinajstić information content (AvgIpc) is 3.25. The molecule has 2 heterocycles. The highest BCUT2D eigenvalue weighted by Gasteiger charge is 2.11. The van der Waals surface area contributed by atoms with Gasteiger partial charge in [-0.05, 0) is 42.0 Å². The summed E-state index contributed by atoms with van der Waals surface area (Å²) >= 11 is 3.86. The smallest absolute Gasteiger partial charge is 0.0946 e. The molecule has 5 heteroatoms. The van der Waals surface area contributed by atoms with Crippen molar-refractivity contribution in [1.82, 2.24) is 9.55 Å². The largest absolute Gasteiger partial charge is 0.399 e. The normalized spacial score (nSPS) is 12.3. The molecule has 0 saturated heterocycles. The van der Waals surface area contributed by atoms with Crippen LogP contribution in [-0.4, -0.2) is 14.8 Å². The molecule has 0 fully saturated rings. The summed E-state index contributed by atoms with van der Waals surface area (Å²) < 4.78 is 2.18. The van der Waals surface area contributed by atoms with E-state index in [9.17, 15) is 0 Å². The number of rotatable bonds is 8. The number of benzene rings is 1. The van der Waals surface area contributed by atoms with E-state index in [0.717, 1.165) is 24.4 Å². The van der Waals surface area contributed by atoms with Gasteiger partial charge in [0.15, 0.2) is 0 Å². The summed E-state index contributed by atoms with van der Waals surface area (Å²) in [5.74, 6) is 1.02. The molecule has 0 saturated carbocycles. The summed E-state index contributed by atoms with van der Waals surface area (Å²) in [6.45, 7) is 1.00. The number of aromatic nitrogens is 2. The Bertz CT molecular complexity index is 676. The van der Waals surface area contributed by atoms with Gasteiger partial charge < -0.3 is 10.3 Å². The number of hydrogen-bond acceptors (Lipinski definition) is 4. The standard InChI is InChI=1S/C18H21N3S2/c19-16-5-3-15(4-6-16)13-23-18(12-21-10-9-20-14-21)8-7-17-2-1-11-22-17/h1-6,9-11,14,18H,7-8,12-13,19H2. The van der Waals surface area contributed by atoms with Crippen LogP contribution in [0.2, 0.25) is 0 Å². The van der Waals surface area contributed by atoms with E-state index < -0.39 is 0 Å². The third-order valence-electron chi connectivity index (χ3n) is 3.73. The molecule has 0 radical (unpaired) electrons. The van der Waals surface area contributed by atoms with Crippen LogP contribution in [0.5, 0.6) is 0 Å². The Balaban J connectivity index is 1.58. The molecule has 23 heavy (non-hydrogen) atoms. The lowest BCUT2D eigenvalue weighted by Gasteiger charge is -2.17. The minimum Gasteiger partial charge on any atom is -0.399 e. The number of aryl methyl sites for hydroxylation is 1. The fourth-order valence-electron chi connectivity index (χ4n) is 2.44. The number of thiophene rings is 1. The van der Waals surface area contributed by atoms with E-state index >= 15 is 0 Å². The summed E-state index contributed by atoms with van der Waals surface area (Å²) in [7, 11) is 0. The second-order valence-electron chi connectivity index (χ2n) is 5.55. The summed E-state index contributed by atoms with van der Waals surface area (Å²) in [6.07, 6.45) is 8.12. The zero-order valence-corrected chi connectivity index (χ0v) is 14.6. The van der Waals surface area contributed by atoms with Gasteiger partial charge in [-0.15, -0.1) is 11.3 Å². The van der Waals surface area contributed by atoms with Crippen LogP contribution in [0.25, 0.3) is 0 Å². The monoisotopic (exact) mass is 343 g/mol. The van der Waals surface area contributed by atoms with Crippen molar-refractivity contribution >= 4 is 28.8 Å². The van der Waals surface area contributed by atoms with E-state index in [1.54, 1.807) is 0 Å². The van der Waals surface area contributed by atoms with E-state index in [2.05, 4.69) is 39.2 Å². The summed E-state index contributed by atoms with van der Waals surface area (Å²) in [5, 5.41) is 2.73. The third kappa shape index (κ3) is 5.15. The van der Waals surface area contributed by atoms with Crippen molar-refractivity contribution in [2.75, 3.05) is 5.73 Å². The van der Waals surface area contributed by atoms with Crippen LogP contribution in [0, 0.1) is 0 Å². The lowest BCUT2D eigenvalue weighted by Crippen LogP contribution is -2.13.